The van der Waals surface area contributed by atoms with Crippen LogP contribution in [0.15, 0.2) is 4.42 Å². The Morgan fingerprint density at radius 1 is 1.44 bits per heavy atom. The lowest BCUT2D eigenvalue weighted by Crippen LogP contribution is -2.33. The molecule has 2 heterocycles. The summed E-state index contributed by atoms with van der Waals surface area (Å²) in [7, 11) is 0. The van der Waals surface area contributed by atoms with Crippen molar-refractivity contribution < 1.29 is 4.42 Å². The number of halogens is 1. The van der Waals surface area contributed by atoms with Gasteiger partial charge in [-0.15, -0.1) is 16.7 Å². The Kier molecular flexibility index (Phi) is 3.69. The van der Waals surface area contributed by atoms with Crippen LogP contribution in [0.4, 0.5) is 6.01 Å². The number of alkyl halides is 1. The van der Waals surface area contributed by atoms with Crippen LogP contribution in [0, 0.1) is 5.92 Å². The van der Waals surface area contributed by atoms with Crippen LogP contribution in [-0.2, 0) is 0 Å². The van der Waals surface area contributed by atoms with E-state index >= 15 is 0 Å². The number of piperidine rings is 1. The van der Waals surface area contributed by atoms with E-state index in [9.17, 15) is 0 Å². The van der Waals surface area contributed by atoms with E-state index in [1.165, 1.54) is 19.3 Å². The fraction of sp³-hybridized carbons (Fsp3) is 0.818. The summed E-state index contributed by atoms with van der Waals surface area (Å²) in [6.45, 7) is 6.11. The van der Waals surface area contributed by atoms with Crippen LogP contribution in [0.2, 0.25) is 0 Å². The van der Waals surface area contributed by atoms with E-state index in [2.05, 4.69) is 22.0 Å². The molecule has 1 aromatic heterocycles. The Morgan fingerprint density at radius 3 is 2.62 bits per heavy atom. The first-order valence-corrected chi connectivity index (χ1v) is 6.36. The predicted octanol–water partition coefficient (Wildman–Crippen LogP) is 3.00. The summed E-state index contributed by atoms with van der Waals surface area (Å²) in [6.07, 6.45) is 3.69. The molecule has 4 nitrogen and oxygen atoms in total. The van der Waals surface area contributed by atoms with Gasteiger partial charge in [0.2, 0.25) is 5.89 Å². The van der Waals surface area contributed by atoms with Gasteiger partial charge in [-0.1, -0.05) is 18.4 Å². The first kappa shape index (κ1) is 11.7. The minimum absolute atomic E-state index is 0.213. The number of aromatic nitrogens is 2. The quantitative estimate of drug-likeness (QED) is 0.766. The van der Waals surface area contributed by atoms with Gasteiger partial charge in [0.1, 0.15) is 5.38 Å². The second kappa shape index (κ2) is 5.04. The van der Waals surface area contributed by atoms with Gasteiger partial charge >= 0.3 is 6.01 Å². The molecule has 0 N–H and O–H groups in total. The largest absolute Gasteiger partial charge is 0.406 e. The molecule has 1 aliphatic heterocycles. The van der Waals surface area contributed by atoms with Gasteiger partial charge in [-0.25, -0.2) is 0 Å². The van der Waals surface area contributed by atoms with Crippen LogP contribution in [0.25, 0.3) is 0 Å². The Morgan fingerprint density at radius 2 is 2.12 bits per heavy atom. The van der Waals surface area contributed by atoms with Gasteiger partial charge in [-0.2, -0.15) is 0 Å². The SMILES string of the molecule is CCC1CCN(c2nnc(C(C)Cl)o2)CC1. The van der Waals surface area contributed by atoms with Crippen LogP contribution < -0.4 is 4.90 Å². The highest BCUT2D eigenvalue weighted by atomic mass is 35.5. The molecule has 0 saturated carbocycles. The summed E-state index contributed by atoms with van der Waals surface area (Å²) >= 11 is 5.89. The maximum absolute atomic E-state index is 5.89. The minimum atomic E-state index is -0.213. The fourth-order valence-electron chi connectivity index (χ4n) is 2.05. The normalized spacial score (nSPS) is 20.1. The van der Waals surface area contributed by atoms with Gasteiger partial charge in [0, 0.05) is 13.1 Å². The summed E-state index contributed by atoms with van der Waals surface area (Å²) in [4.78, 5) is 2.15. The third-order valence-corrected chi connectivity index (χ3v) is 3.42. The highest BCUT2D eigenvalue weighted by molar-refractivity contribution is 6.20. The Hall–Kier alpha value is -0.770. The van der Waals surface area contributed by atoms with E-state index in [0.29, 0.717) is 11.9 Å². The van der Waals surface area contributed by atoms with E-state index in [0.717, 1.165) is 19.0 Å². The lowest BCUT2D eigenvalue weighted by atomic mass is 9.95. The number of hydrogen-bond donors (Lipinski definition) is 0. The molecule has 0 aromatic carbocycles. The summed E-state index contributed by atoms with van der Waals surface area (Å²) in [5.74, 6) is 1.36. The molecule has 2 rings (SSSR count). The second-order valence-electron chi connectivity index (χ2n) is 4.38. The van der Waals surface area contributed by atoms with Crippen LogP contribution in [0.5, 0.6) is 0 Å². The molecule has 0 amide bonds. The van der Waals surface area contributed by atoms with Crippen molar-refractivity contribution in [2.75, 3.05) is 18.0 Å². The van der Waals surface area contributed by atoms with Crippen molar-refractivity contribution in [3.8, 4) is 0 Å². The second-order valence-corrected chi connectivity index (χ2v) is 5.03. The van der Waals surface area contributed by atoms with Crippen molar-refractivity contribution in [2.45, 2.75) is 38.5 Å². The summed E-state index contributed by atoms with van der Waals surface area (Å²) in [5, 5.41) is 7.76. The molecule has 0 aliphatic carbocycles. The molecule has 16 heavy (non-hydrogen) atoms. The van der Waals surface area contributed by atoms with Gasteiger partial charge in [0.25, 0.3) is 0 Å². The number of nitrogens with zero attached hydrogens (tertiary/aromatic N) is 3. The summed E-state index contributed by atoms with van der Waals surface area (Å²) in [6, 6.07) is 0.622. The fourth-order valence-corrected chi connectivity index (χ4v) is 2.14. The molecular weight excluding hydrogens is 226 g/mol. The lowest BCUT2D eigenvalue weighted by Gasteiger charge is -2.29. The zero-order valence-corrected chi connectivity index (χ0v) is 10.6. The van der Waals surface area contributed by atoms with E-state index < -0.39 is 0 Å². The molecule has 1 unspecified atom stereocenters. The summed E-state index contributed by atoms with van der Waals surface area (Å²) in [5.41, 5.74) is 0. The number of rotatable bonds is 3. The number of hydrogen-bond acceptors (Lipinski definition) is 4. The van der Waals surface area contributed by atoms with E-state index in [4.69, 9.17) is 16.0 Å². The van der Waals surface area contributed by atoms with Crippen LogP contribution in [-0.4, -0.2) is 23.3 Å². The monoisotopic (exact) mass is 243 g/mol. The Balaban J connectivity index is 1.97. The predicted molar refractivity (Wildman–Crippen MR) is 63.8 cm³/mol. The average molecular weight is 244 g/mol. The maximum Gasteiger partial charge on any atom is 0.318 e. The zero-order chi connectivity index (χ0) is 11.5. The zero-order valence-electron chi connectivity index (χ0n) is 9.82. The highest BCUT2D eigenvalue weighted by Gasteiger charge is 2.22. The molecule has 1 aromatic rings. The maximum atomic E-state index is 5.89. The molecule has 0 bridgehead atoms. The van der Waals surface area contributed by atoms with Gasteiger partial charge in [0.05, 0.1) is 0 Å². The van der Waals surface area contributed by atoms with Crippen molar-refractivity contribution in [1.29, 1.82) is 0 Å². The minimum Gasteiger partial charge on any atom is -0.406 e. The molecule has 5 heteroatoms. The average Bonchev–Trinajstić information content (AvgIpc) is 2.78. The highest BCUT2D eigenvalue weighted by Crippen LogP contribution is 2.26. The first-order chi connectivity index (χ1) is 7.70. The van der Waals surface area contributed by atoms with Gasteiger partial charge in [-0.3, -0.25) is 0 Å². The molecule has 1 atom stereocenters. The molecular formula is C11H18ClN3O. The Bertz CT molecular complexity index is 332. The molecule has 0 radical (unpaired) electrons. The third kappa shape index (κ3) is 2.48. The van der Waals surface area contributed by atoms with Gasteiger partial charge < -0.3 is 9.32 Å². The first-order valence-electron chi connectivity index (χ1n) is 5.93. The van der Waals surface area contributed by atoms with Crippen molar-refractivity contribution in [3.05, 3.63) is 5.89 Å². The van der Waals surface area contributed by atoms with Crippen molar-refractivity contribution in [3.63, 3.8) is 0 Å². The van der Waals surface area contributed by atoms with Crippen LogP contribution in [0.3, 0.4) is 0 Å². The van der Waals surface area contributed by atoms with E-state index in [-0.39, 0.29) is 5.38 Å². The molecule has 1 saturated heterocycles. The van der Waals surface area contributed by atoms with Crippen molar-refractivity contribution in [1.82, 2.24) is 10.2 Å². The molecule has 1 fully saturated rings. The topological polar surface area (TPSA) is 42.2 Å². The summed E-state index contributed by atoms with van der Waals surface area (Å²) < 4.78 is 5.53. The Labute approximate surface area is 101 Å². The van der Waals surface area contributed by atoms with Crippen molar-refractivity contribution >= 4 is 17.6 Å². The smallest absolute Gasteiger partial charge is 0.318 e. The van der Waals surface area contributed by atoms with E-state index in [1.54, 1.807) is 0 Å². The molecule has 90 valence electrons. The molecule has 0 spiro atoms. The van der Waals surface area contributed by atoms with Gasteiger partial charge in [0.15, 0.2) is 0 Å². The number of anilines is 1. The van der Waals surface area contributed by atoms with E-state index in [1.807, 2.05) is 6.92 Å². The van der Waals surface area contributed by atoms with Crippen molar-refractivity contribution in [2.24, 2.45) is 5.92 Å². The van der Waals surface area contributed by atoms with Crippen LogP contribution >= 0.6 is 11.6 Å². The van der Waals surface area contributed by atoms with Gasteiger partial charge in [-0.05, 0) is 25.7 Å². The standard InChI is InChI=1S/C11H18ClN3O/c1-3-9-4-6-15(7-5-9)11-14-13-10(16-11)8(2)12/h8-9H,3-7H2,1-2H3. The lowest BCUT2D eigenvalue weighted by molar-refractivity contribution is 0.375. The van der Waals surface area contributed by atoms with Crippen LogP contribution in [0.1, 0.15) is 44.4 Å². The molecule has 1 aliphatic rings. The third-order valence-electron chi connectivity index (χ3n) is 3.23.